The fraction of sp³-hybridized carbons (Fsp3) is 0.273. The number of carboxylic acids is 1. The minimum Gasteiger partial charge on any atom is -0.480 e. The van der Waals surface area contributed by atoms with Crippen molar-refractivity contribution in [3.8, 4) is 0 Å². The van der Waals surface area contributed by atoms with E-state index in [2.05, 4.69) is 21.2 Å². The average molecular weight is 286 g/mol. The van der Waals surface area contributed by atoms with Gasteiger partial charge in [0.05, 0.1) is 0 Å². The number of nitrogens with one attached hydrogen (secondary N) is 1. The number of halogens is 1. The van der Waals surface area contributed by atoms with Crippen molar-refractivity contribution in [1.82, 2.24) is 0 Å². The van der Waals surface area contributed by atoms with E-state index in [1.54, 1.807) is 24.3 Å². The van der Waals surface area contributed by atoms with E-state index in [4.69, 9.17) is 5.11 Å². The molecule has 0 saturated heterocycles. The normalized spacial score (nSPS) is 10.9. The minimum absolute atomic E-state index is 0.540. The van der Waals surface area contributed by atoms with Crippen LogP contribution >= 0.6 is 15.9 Å². The molecule has 0 radical (unpaired) electrons. The highest BCUT2D eigenvalue weighted by molar-refractivity contribution is 9.10. The van der Waals surface area contributed by atoms with E-state index in [1.165, 1.54) is 13.8 Å². The van der Waals surface area contributed by atoms with E-state index < -0.39 is 17.3 Å². The van der Waals surface area contributed by atoms with Crippen LogP contribution in [0.3, 0.4) is 0 Å². The summed E-state index contributed by atoms with van der Waals surface area (Å²) in [5, 5.41) is 11.4. The average Bonchev–Trinajstić information content (AvgIpc) is 2.21. The Morgan fingerprint density at radius 3 is 2.19 bits per heavy atom. The highest BCUT2D eigenvalue weighted by atomic mass is 79.9. The van der Waals surface area contributed by atoms with Crippen LogP contribution in [0.25, 0.3) is 0 Å². The molecular weight excluding hydrogens is 274 g/mol. The van der Waals surface area contributed by atoms with Crippen molar-refractivity contribution in [3.05, 3.63) is 28.7 Å². The van der Waals surface area contributed by atoms with Crippen molar-refractivity contribution in [2.24, 2.45) is 5.41 Å². The molecule has 2 N–H and O–H groups in total. The van der Waals surface area contributed by atoms with Crippen molar-refractivity contribution in [3.63, 3.8) is 0 Å². The fourth-order valence-electron chi connectivity index (χ4n) is 0.918. The highest BCUT2D eigenvalue weighted by Gasteiger charge is 2.35. The molecule has 0 spiro atoms. The number of carbonyl (C=O) groups is 2. The zero-order valence-corrected chi connectivity index (χ0v) is 10.5. The first kappa shape index (κ1) is 12.7. The summed E-state index contributed by atoms with van der Waals surface area (Å²) in [6.07, 6.45) is 0. The van der Waals surface area contributed by atoms with Gasteiger partial charge >= 0.3 is 5.97 Å². The number of amides is 1. The number of aliphatic carboxylic acids is 1. The molecule has 0 saturated carbocycles. The Labute approximate surface area is 102 Å². The third kappa shape index (κ3) is 2.82. The fourth-order valence-corrected chi connectivity index (χ4v) is 1.18. The summed E-state index contributed by atoms with van der Waals surface area (Å²) in [7, 11) is 0. The van der Waals surface area contributed by atoms with Gasteiger partial charge in [0.15, 0.2) is 0 Å². The Balaban J connectivity index is 2.79. The summed E-state index contributed by atoms with van der Waals surface area (Å²) in [4.78, 5) is 22.5. The maximum Gasteiger partial charge on any atom is 0.318 e. The molecule has 86 valence electrons. The number of hydrogen-bond acceptors (Lipinski definition) is 2. The molecule has 0 heterocycles. The van der Waals surface area contributed by atoms with Gasteiger partial charge in [0.1, 0.15) is 5.41 Å². The van der Waals surface area contributed by atoms with Crippen molar-refractivity contribution in [2.45, 2.75) is 13.8 Å². The zero-order valence-electron chi connectivity index (χ0n) is 8.95. The lowest BCUT2D eigenvalue weighted by atomic mass is 9.92. The molecule has 1 amide bonds. The van der Waals surface area contributed by atoms with E-state index in [0.717, 1.165) is 4.47 Å². The topological polar surface area (TPSA) is 66.4 Å². The van der Waals surface area contributed by atoms with Crippen LogP contribution in [0, 0.1) is 5.41 Å². The van der Waals surface area contributed by atoms with Crippen LogP contribution in [0.5, 0.6) is 0 Å². The van der Waals surface area contributed by atoms with Gasteiger partial charge in [-0.1, -0.05) is 15.9 Å². The van der Waals surface area contributed by atoms with E-state index in [1.807, 2.05) is 0 Å². The SMILES string of the molecule is CC(C)(C(=O)O)C(=O)Nc1ccc(Br)cc1. The number of carbonyl (C=O) groups excluding carboxylic acids is 1. The molecule has 1 rings (SSSR count). The molecule has 4 nitrogen and oxygen atoms in total. The van der Waals surface area contributed by atoms with Gasteiger partial charge in [0.2, 0.25) is 5.91 Å². The summed E-state index contributed by atoms with van der Waals surface area (Å²) in [5.41, 5.74) is -0.866. The first-order valence-corrected chi connectivity index (χ1v) is 5.44. The Morgan fingerprint density at radius 1 is 1.25 bits per heavy atom. The standard InChI is InChI=1S/C11H12BrNO3/c1-11(2,10(15)16)9(14)13-8-5-3-7(12)4-6-8/h3-6H,1-2H3,(H,13,14)(H,15,16). The van der Waals surface area contributed by atoms with Gasteiger partial charge in [-0.2, -0.15) is 0 Å². The van der Waals surface area contributed by atoms with Crippen LogP contribution in [0.2, 0.25) is 0 Å². The number of anilines is 1. The molecule has 0 aliphatic rings. The molecular formula is C11H12BrNO3. The molecule has 0 fully saturated rings. The number of rotatable bonds is 3. The van der Waals surface area contributed by atoms with Gasteiger partial charge in [0, 0.05) is 10.2 Å². The van der Waals surface area contributed by atoms with Crippen molar-refractivity contribution >= 4 is 33.5 Å². The van der Waals surface area contributed by atoms with Crippen molar-refractivity contribution in [2.75, 3.05) is 5.32 Å². The van der Waals surface area contributed by atoms with E-state index in [-0.39, 0.29) is 0 Å². The predicted molar refractivity (Wildman–Crippen MR) is 64.2 cm³/mol. The predicted octanol–water partition coefficient (Wildman–Crippen LogP) is 2.50. The lowest BCUT2D eigenvalue weighted by molar-refractivity contribution is -0.151. The smallest absolute Gasteiger partial charge is 0.318 e. The monoisotopic (exact) mass is 285 g/mol. The van der Waals surface area contributed by atoms with Gasteiger partial charge < -0.3 is 10.4 Å². The van der Waals surface area contributed by atoms with Crippen LogP contribution in [0.1, 0.15) is 13.8 Å². The number of hydrogen-bond donors (Lipinski definition) is 2. The summed E-state index contributed by atoms with van der Waals surface area (Å²) in [5.74, 6) is -1.69. The Hall–Kier alpha value is -1.36. The molecule has 0 unspecified atom stereocenters. The van der Waals surface area contributed by atoms with Gasteiger partial charge in [-0.3, -0.25) is 9.59 Å². The van der Waals surface area contributed by atoms with Gasteiger partial charge in [-0.25, -0.2) is 0 Å². The molecule has 1 aromatic rings. The second kappa shape index (κ2) is 4.65. The van der Waals surface area contributed by atoms with Gasteiger partial charge in [-0.15, -0.1) is 0 Å². The lowest BCUT2D eigenvalue weighted by Crippen LogP contribution is -2.37. The molecule has 0 aromatic heterocycles. The van der Waals surface area contributed by atoms with E-state index in [9.17, 15) is 9.59 Å². The molecule has 0 aliphatic carbocycles. The third-order valence-corrected chi connectivity index (χ3v) is 2.73. The number of benzene rings is 1. The summed E-state index contributed by atoms with van der Waals surface area (Å²) in [6.45, 7) is 2.73. The molecule has 16 heavy (non-hydrogen) atoms. The third-order valence-electron chi connectivity index (χ3n) is 2.20. The Morgan fingerprint density at radius 2 is 1.75 bits per heavy atom. The summed E-state index contributed by atoms with van der Waals surface area (Å²) in [6, 6.07) is 6.92. The van der Waals surface area contributed by atoms with Crippen LogP contribution in [0.15, 0.2) is 28.7 Å². The maximum absolute atomic E-state index is 11.7. The molecule has 5 heteroatoms. The van der Waals surface area contributed by atoms with Crippen LogP contribution in [-0.2, 0) is 9.59 Å². The van der Waals surface area contributed by atoms with Crippen molar-refractivity contribution < 1.29 is 14.7 Å². The maximum atomic E-state index is 11.7. The molecule has 1 aromatic carbocycles. The first-order valence-electron chi connectivity index (χ1n) is 4.64. The molecule has 0 aliphatic heterocycles. The van der Waals surface area contributed by atoms with Crippen LogP contribution in [0.4, 0.5) is 5.69 Å². The first-order chi connectivity index (χ1) is 7.34. The Bertz CT molecular complexity index is 412. The number of carboxylic acid groups (broad SMARTS) is 1. The summed E-state index contributed by atoms with van der Waals surface area (Å²) >= 11 is 3.27. The van der Waals surface area contributed by atoms with E-state index >= 15 is 0 Å². The van der Waals surface area contributed by atoms with Gasteiger partial charge in [-0.05, 0) is 38.1 Å². The molecule has 0 atom stereocenters. The largest absolute Gasteiger partial charge is 0.480 e. The van der Waals surface area contributed by atoms with Crippen molar-refractivity contribution in [1.29, 1.82) is 0 Å². The van der Waals surface area contributed by atoms with Crippen LogP contribution < -0.4 is 5.32 Å². The lowest BCUT2D eigenvalue weighted by Gasteiger charge is -2.18. The molecule has 0 bridgehead atoms. The van der Waals surface area contributed by atoms with Crippen LogP contribution in [-0.4, -0.2) is 17.0 Å². The quantitative estimate of drug-likeness (QED) is 0.839. The summed E-state index contributed by atoms with van der Waals surface area (Å²) < 4.78 is 0.892. The second-order valence-electron chi connectivity index (χ2n) is 3.89. The Kier molecular flexibility index (Phi) is 3.70. The second-order valence-corrected chi connectivity index (χ2v) is 4.81. The minimum atomic E-state index is -1.44. The van der Waals surface area contributed by atoms with Gasteiger partial charge in [0.25, 0.3) is 0 Å². The van der Waals surface area contributed by atoms with E-state index in [0.29, 0.717) is 5.69 Å². The zero-order chi connectivity index (χ0) is 12.3. The highest BCUT2D eigenvalue weighted by Crippen LogP contribution is 2.20.